The number of ether oxygens (including phenoxy) is 1. The maximum absolute atomic E-state index is 11.7. The molecule has 100 valence electrons. The van der Waals surface area contributed by atoms with Crippen LogP contribution in [0.4, 0.5) is 5.69 Å². The van der Waals surface area contributed by atoms with Gasteiger partial charge in [0.1, 0.15) is 0 Å². The average molecular weight is 259 g/mol. The van der Waals surface area contributed by atoms with Crippen LogP contribution in [0.5, 0.6) is 0 Å². The Hall–Kier alpha value is -2.30. The van der Waals surface area contributed by atoms with E-state index in [9.17, 15) is 4.79 Å². The van der Waals surface area contributed by atoms with Crippen LogP contribution in [-0.4, -0.2) is 29.9 Å². The first-order valence-electron chi connectivity index (χ1n) is 6.01. The third-order valence-electron chi connectivity index (χ3n) is 3.02. The first kappa shape index (κ1) is 13.1. The molecule has 0 radical (unpaired) electrons. The number of methoxy groups -OCH3 is 1. The van der Waals surface area contributed by atoms with Crippen LogP contribution in [0.2, 0.25) is 0 Å². The lowest BCUT2D eigenvalue weighted by atomic mass is 10.2. The molecule has 0 amide bonds. The Bertz CT molecular complexity index is 600. The largest absolute Gasteiger partial charge is 0.464 e. The van der Waals surface area contributed by atoms with Crippen molar-refractivity contribution >= 4 is 11.7 Å². The van der Waals surface area contributed by atoms with E-state index in [1.165, 1.54) is 12.7 Å². The Morgan fingerprint density at radius 3 is 2.42 bits per heavy atom. The van der Waals surface area contributed by atoms with E-state index in [-0.39, 0.29) is 0 Å². The number of anilines is 1. The van der Waals surface area contributed by atoms with Crippen LogP contribution in [0.3, 0.4) is 0 Å². The van der Waals surface area contributed by atoms with Crippen LogP contribution in [0.1, 0.15) is 21.7 Å². The molecule has 5 heteroatoms. The second-order valence-electron chi connectivity index (χ2n) is 4.30. The summed E-state index contributed by atoms with van der Waals surface area (Å²) in [5, 5.41) is 7.33. The molecule has 1 heterocycles. The summed E-state index contributed by atoms with van der Waals surface area (Å²) in [6.45, 7) is 3.93. The highest BCUT2D eigenvalue weighted by Crippen LogP contribution is 2.23. The number of hydrogen-bond donors (Lipinski definition) is 1. The molecule has 2 rings (SSSR count). The number of aryl methyl sites for hydroxylation is 1. The number of nitrogens with zero attached hydrogens (tertiary/aromatic N) is 2. The Kier molecular flexibility index (Phi) is 3.55. The van der Waals surface area contributed by atoms with Gasteiger partial charge in [-0.2, -0.15) is 5.10 Å². The first-order chi connectivity index (χ1) is 9.08. The summed E-state index contributed by atoms with van der Waals surface area (Å²) in [6, 6.07) is 7.95. The fraction of sp³-hybridized carbons (Fsp3) is 0.286. The highest BCUT2D eigenvalue weighted by Gasteiger charge is 2.21. The lowest BCUT2D eigenvalue weighted by molar-refractivity contribution is 0.0594. The van der Waals surface area contributed by atoms with E-state index in [0.717, 1.165) is 11.4 Å². The fourth-order valence-electron chi connectivity index (χ4n) is 1.98. The summed E-state index contributed by atoms with van der Waals surface area (Å²) < 4.78 is 6.48. The predicted molar refractivity (Wildman–Crippen MR) is 73.9 cm³/mol. The predicted octanol–water partition coefficient (Wildman–Crippen LogP) is 2.32. The quantitative estimate of drug-likeness (QED) is 0.859. The zero-order valence-electron chi connectivity index (χ0n) is 11.5. The van der Waals surface area contributed by atoms with E-state index in [2.05, 4.69) is 10.4 Å². The number of nitrogens with one attached hydrogen (secondary N) is 1. The minimum atomic E-state index is -0.446. The van der Waals surface area contributed by atoms with Crippen molar-refractivity contribution < 1.29 is 9.53 Å². The topological polar surface area (TPSA) is 56.1 Å². The van der Waals surface area contributed by atoms with Crippen molar-refractivity contribution in [3.05, 3.63) is 41.2 Å². The second-order valence-corrected chi connectivity index (χ2v) is 4.30. The van der Waals surface area contributed by atoms with Gasteiger partial charge >= 0.3 is 5.97 Å². The van der Waals surface area contributed by atoms with Crippen LogP contribution >= 0.6 is 0 Å². The minimum absolute atomic E-state index is 0.295. The van der Waals surface area contributed by atoms with E-state index >= 15 is 0 Å². The van der Waals surface area contributed by atoms with Gasteiger partial charge in [-0.05, 0) is 26.0 Å². The van der Waals surface area contributed by atoms with Gasteiger partial charge in [0.15, 0.2) is 5.69 Å². The van der Waals surface area contributed by atoms with E-state index in [1.807, 2.05) is 38.1 Å². The molecule has 0 unspecified atom stereocenters. The Labute approximate surface area is 112 Å². The van der Waals surface area contributed by atoms with Gasteiger partial charge in [0, 0.05) is 7.05 Å². The van der Waals surface area contributed by atoms with Gasteiger partial charge in [0.05, 0.1) is 24.2 Å². The van der Waals surface area contributed by atoms with Crippen molar-refractivity contribution in [2.45, 2.75) is 13.8 Å². The van der Waals surface area contributed by atoms with Crippen LogP contribution < -0.4 is 5.32 Å². The van der Waals surface area contributed by atoms with Crippen LogP contribution in [0.25, 0.3) is 5.69 Å². The smallest absolute Gasteiger partial charge is 0.360 e. The van der Waals surface area contributed by atoms with Crippen molar-refractivity contribution in [3.8, 4) is 5.69 Å². The average Bonchev–Trinajstić information content (AvgIpc) is 2.76. The molecule has 19 heavy (non-hydrogen) atoms. The van der Waals surface area contributed by atoms with E-state index in [1.54, 1.807) is 11.7 Å². The number of benzene rings is 1. The molecule has 1 aromatic carbocycles. The molecule has 0 fully saturated rings. The van der Waals surface area contributed by atoms with Crippen LogP contribution in [0, 0.1) is 13.8 Å². The monoisotopic (exact) mass is 259 g/mol. The second kappa shape index (κ2) is 5.14. The maximum atomic E-state index is 11.7. The molecule has 0 spiro atoms. The molecule has 1 aromatic heterocycles. The molecule has 0 aliphatic carbocycles. The van der Waals surface area contributed by atoms with Crippen molar-refractivity contribution in [2.24, 2.45) is 0 Å². The normalized spacial score (nSPS) is 10.3. The van der Waals surface area contributed by atoms with Gasteiger partial charge in [-0.15, -0.1) is 0 Å². The molecule has 5 nitrogen and oxygen atoms in total. The number of esters is 1. The molecular formula is C14H17N3O2. The van der Waals surface area contributed by atoms with E-state index in [4.69, 9.17) is 4.74 Å². The highest BCUT2D eigenvalue weighted by molar-refractivity contribution is 5.94. The molecule has 2 aromatic rings. The zero-order chi connectivity index (χ0) is 14.0. The molecule has 0 aliphatic rings. The summed E-state index contributed by atoms with van der Waals surface area (Å²) in [7, 11) is 3.11. The Morgan fingerprint density at radius 2 is 1.89 bits per heavy atom. The van der Waals surface area contributed by atoms with Gasteiger partial charge in [0.25, 0.3) is 0 Å². The Morgan fingerprint density at radius 1 is 1.26 bits per heavy atom. The summed E-state index contributed by atoms with van der Waals surface area (Å²) in [5.74, 6) is -0.446. The van der Waals surface area contributed by atoms with Gasteiger partial charge < -0.3 is 10.1 Å². The SMILES string of the molecule is CNc1c(C(=O)OC)nn(-c2ccc(C)cc2)c1C. The van der Waals surface area contributed by atoms with E-state index in [0.29, 0.717) is 11.4 Å². The molecule has 0 bridgehead atoms. The van der Waals surface area contributed by atoms with Crippen molar-refractivity contribution in [1.29, 1.82) is 0 Å². The van der Waals surface area contributed by atoms with Crippen molar-refractivity contribution in [2.75, 3.05) is 19.5 Å². The van der Waals surface area contributed by atoms with Crippen molar-refractivity contribution in [3.63, 3.8) is 0 Å². The van der Waals surface area contributed by atoms with Crippen molar-refractivity contribution in [1.82, 2.24) is 9.78 Å². The molecule has 0 atom stereocenters. The third kappa shape index (κ3) is 2.31. The van der Waals surface area contributed by atoms with Gasteiger partial charge in [-0.1, -0.05) is 17.7 Å². The van der Waals surface area contributed by atoms with Crippen LogP contribution in [-0.2, 0) is 4.74 Å². The summed E-state index contributed by atoms with van der Waals surface area (Å²) in [4.78, 5) is 11.7. The van der Waals surface area contributed by atoms with Crippen LogP contribution in [0.15, 0.2) is 24.3 Å². The third-order valence-corrected chi connectivity index (χ3v) is 3.02. The minimum Gasteiger partial charge on any atom is -0.464 e. The summed E-state index contributed by atoms with van der Waals surface area (Å²) in [6.07, 6.45) is 0. The lowest BCUT2D eigenvalue weighted by Gasteiger charge is -2.05. The Balaban J connectivity index is 2.55. The van der Waals surface area contributed by atoms with Gasteiger partial charge in [0.2, 0.25) is 0 Å². The standard InChI is InChI=1S/C14H17N3O2/c1-9-5-7-11(8-6-9)17-10(2)12(15-3)13(16-17)14(18)19-4/h5-8,15H,1-4H3. The van der Waals surface area contributed by atoms with Gasteiger partial charge in [-0.25, -0.2) is 9.48 Å². The first-order valence-corrected chi connectivity index (χ1v) is 6.01. The number of carbonyl (C=O) groups excluding carboxylic acids is 1. The molecule has 0 saturated heterocycles. The number of aromatic nitrogens is 2. The molecule has 0 aliphatic heterocycles. The maximum Gasteiger partial charge on any atom is 0.360 e. The summed E-state index contributed by atoms with van der Waals surface area (Å²) >= 11 is 0. The number of rotatable bonds is 3. The fourth-order valence-corrected chi connectivity index (χ4v) is 1.98. The summed E-state index contributed by atoms with van der Waals surface area (Å²) in [5.41, 5.74) is 3.94. The lowest BCUT2D eigenvalue weighted by Crippen LogP contribution is -2.06. The number of carbonyl (C=O) groups is 1. The molecule has 1 N–H and O–H groups in total. The number of hydrogen-bond acceptors (Lipinski definition) is 4. The highest BCUT2D eigenvalue weighted by atomic mass is 16.5. The zero-order valence-corrected chi connectivity index (χ0v) is 11.5. The van der Waals surface area contributed by atoms with E-state index < -0.39 is 5.97 Å². The molecule has 0 saturated carbocycles. The van der Waals surface area contributed by atoms with Gasteiger partial charge in [-0.3, -0.25) is 0 Å². The molecular weight excluding hydrogens is 242 g/mol.